The van der Waals surface area contributed by atoms with Crippen LogP contribution in [0.2, 0.25) is 0 Å². The molecule has 1 saturated heterocycles. The summed E-state index contributed by atoms with van der Waals surface area (Å²) in [5, 5.41) is 3.24. The maximum absolute atomic E-state index is 11.4. The Morgan fingerprint density at radius 3 is 2.92 bits per heavy atom. The Bertz CT molecular complexity index is 169. The molecule has 3 unspecified atom stereocenters. The second kappa shape index (κ2) is 5.73. The van der Waals surface area contributed by atoms with E-state index in [-0.39, 0.29) is 0 Å². The molecule has 0 amide bonds. The van der Waals surface area contributed by atoms with Crippen LogP contribution >= 0.6 is 0 Å². The van der Waals surface area contributed by atoms with Crippen molar-refractivity contribution < 1.29 is 8.95 Å². The van der Waals surface area contributed by atoms with Crippen molar-refractivity contribution in [2.45, 2.75) is 19.4 Å². The summed E-state index contributed by atoms with van der Waals surface area (Å²) in [5.41, 5.74) is 0. The minimum atomic E-state index is -0.671. The molecule has 0 aliphatic carbocycles. The van der Waals surface area contributed by atoms with Gasteiger partial charge in [-0.15, -0.1) is 0 Å². The molecule has 1 aliphatic heterocycles. The maximum Gasteiger partial charge on any atom is 0.0510 e. The molecule has 78 valence electrons. The van der Waals surface area contributed by atoms with E-state index in [9.17, 15) is 4.21 Å². The van der Waals surface area contributed by atoms with Gasteiger partial charge in [0.15, 0.2) is 0 Å². The molecule has 1 aliphatic rings. The normalized spacial score (nSPS) is 27.4. The van der Waals surface area contributed by atoms with E-state index in [1.165, 1.54) is 0 Å². The summed E-state index contributed by atoms with van der Waals surface area (Å²) in [4.78, 5) is 0. The number of nitrogens with one attached hydrogen (secondary N) is 1. The van der Waals surface area contributed by atoms with Crippen LogP contribution in [-0.4, -0.2) is 42.0 Å². The Morgan fingerprint density at radius 1 is 1.69 bits per heavy atom. The van der Waals surface area contributed by atoms with E-state index in [0.29, 0.717) is 12.0 Å². The van der Waals surface area contributed by atoms with Gasteiger partial charge in [0, 0.05) is 40.9 Å². The van der Waals surface area contributed by atoms with Gasteiger partial charge in [0.1, 0.15) is 0 Å². The summed E-state index contributed by atoms with van der Waals surface area (Å²) in [7, 11) is 1.27. The summed E-state index contributed by atoms with van der Waals surface area (Å²) in [6, 6.07) is 0.364. The maximum atomic E-state index is 11.4. The number of rotatable bonds is 5. The third-order valence-electron chi connectivity index (χ3n) is 2.59. The number of hydrogen-bond acceptors (Lipinski definition) is 3. The zero-order valence-electron chi connectivity index (χ0n) is 8.41. The van der Waals surface area contributed by atoms with E-state index in [1.54, 1.807) is 0 Å². The molecule has 0 aromatic rings. The number of ether oxygens (including phenoxy) is 1. The molecular formula is C9H19NO2S. The molecule has 0 bridgehead atoms. The van der Waals surface area contributed by atoms with E-state index >= 15 is 0 Å². The first-order valence-corrected chi connectivity index (χ1v) is 6.36. The zero-order valence-corrected chi connectivity index (χ0v) is 9.23. The molecule has 0 aromatic heterocycles. The van der Waals surface area contributed by atoms with Crippen LogP contribution in [0.1, 0.15) is 13.3 Å². The lowest BCUT2D eigenvalue weighted by Gasteiger charge is -2.20. The van der Waals surface area contributed by atoms with Gasteiger partial charge in [0.25, 0.3) is 0 Å². The summed E-state index contributed by atoms with van der Waals surface area (Å²) < 4.78 is 16.7. The molecule has 3 atom stereocenters. The van der Waals surface area contributed by atoms with Crippen LogP contribution in [-0.2, 0) is 15.5 Å². The number of hydrogen-bond donors (Lipinski definition) is 1. The fraction of sp³-hybridized carbons (Fsp3) is 1.00. The van der Waals surface area contributed by atoms with Crippen molar-refractivity contribution in [1.82, 2.24) is 5.32 Å². The Hall–Kier alpha value is 0.0700. The lowest BCUT2D eigenvalue weighted by molar-refractivity contribution is 0.179. The molecular weight excluding hydrogens is 186 g/mol. The summed E-state index contributed by atoms with van der Waals surface area (Å²) in [6.45, 7) is 3.65. The highest BCUT2D eigenvalue weighted by molar-refractivity contribution is 7.84. The van der Waals surface area contributed by atoms with Crippen molar-refractivity contribution >= 4 is 10.8 Å². The highest BCUT2D eigenvalue weighted by Crippen LogP contribution is 2.17. The van der Waals surface area contributed by atoms with E-state index < -0.39 is 10.8 Å². The molecule has 1 heterocycles. The molecule has 4 heteroatoms. The van der Waals surface area contributed by atoms with Gasteiger partial charge in [-0.1, -0.05) is 6.92 Å². The highest BCUT2D eigenvalue weighted by atomic mass is 32.2. The predicted molar refractivity (Wildman–Crippen MR) is 55.3 cm³/mol. The molecule has 1 N–H and O–H groups in total. The van der Waals surface area contributed by atoms with Crippen LogP contribution in [0.3, 0.4) is 0 Å². The van der Waals surface area contributed by atoms with Gasteiger partial charge in [-0.05, 0) is 13.5 Å². The van der Waals surface area contributed by atoms with Crippen LogP contribution < -0.4 is 5.32 Å². The van der Waals surface area contributed by atoms with Crippen LogP contribution in [0.25, 0.3) is 0 Å². The van der Waals surface area contributed by atoms with Crippen LogP contribution in [0.5, 0.6) is 0 Å². The summed E-state index contributed by atoms with van der Waals surface area (Å²) in [5.74, 6) is 2.08. The summed E-state index contributed by atoms with van der Waals surface area (Å²) in [6.07, 6.45) is 1.10. The van der Waals surface area contributed by atoms with Gasteiger partial charge in [0.2, 0.25) is 0 Å². The van der Waals surface area contributed by atoms with Gasteiger partial charge in [-0.25, -0.2) is 0 Å². The molecule has 0 saturated carbocycles. The minimum absolute atomic E-state index is 0.364. The SMILES string of the molecule is CCS(=O)CC(NC)C1CCOC1. The van der Waals surface area contributed by atoms with Gasteiger partial charge < -0.3 is 10.1 Å². The smallest absolute Gasteiger partial charge is 0.0510 e. The standard InChI is InChI=1S/C9H19NO2S/c1-3-13(11)7-9(10-2)8-4-5-12-6-8/h8-10H,3-7H2,1-2H3. The zero-order chi connectivity index (χ0) is 9.68. The molecule has 3 nitrogen and oxygen atoms in total. The van der Waals surface area contributed by atoms with E-state index in [0.717, 1.165) is 31.1 Å². The average Bonchev–Trinajstić information content (AvgIpc) is 2.66. The van der Waals surface area contributed by atoms with Gasteiger partial charge in [-0.3, -0.25) is 4.21 Å². The van der Waals surface area contributed by atoms with Crippen LogP contribution in [0, 0.1) is 5.92 Å². The third-order valence-corrected chi connectivity index (χ3v) is 3.97. The second-order valence-corrected chi connectivity index (χ2v) is 5.20. The van der Waals surface area contributed by atoms with Gasteiger partial charge in [0.05, 0.1) is 6.61 Å². The minimum Gasteiger partial charge on any atom is -0.381 e. The van der Waals surface area contributed by atoms with Crippen molar-refractivity contribution in [3.63, 3.8) is 0 Å². The lowest BCUT2D eigenvalue weighted by atomic mass is 10.0. The Balaban J connectivity index is 2.37. The topological polar surface area (TPSA) is 38.3 Å². The van der Waals surface area contributed by atoms with Crippen molar-refractivity contribution in [1.29, 1.82) is 0 Å². The lowest BCUT2D eigenvalue weighted by Crippen LogP contribution is -2.38. The van der Waals surface area contributed by atoms with Crippen molar-refractivity contribution in [2.24, 2.45) is 5.92 Å². The second-order valence-electron chi connectivity index (χ2n) is 3.41. The van der Waals surface area contributed by atoms with Crippen molar-refractivity contribution in [3.05, 3.63) is 0 Å². The van der Waals surface area contributed by atoms with Gasteiger partial charge >= 0.3 is 0 Å². The first kappa shape index (κ1) is 11.1. The first-order chi connectivity index (χ1) is 6.27. The van der Waals surface area contributed by atoms with Crippen molar-refractivity contribution in [2.75, 3.05) is 31.8 Å². The van der Waals surface area contributed by atoms with Crippen LogP contribution in [0.15, 0.2) is 0 Å². The van der Waals surface area contributed by atoms with E-state index in [4.69, 9.17) is 4.74 Å². The quantitative estimate of drug-likeness (QED) is 0.705. The molecule has 1 fully saturated rings. The molecule has 1 rings (SSSR count). The predicted octanol–water partition coefficient (Wildman–Crippen LogP) is 0.379. The molecule has 0 spiro atoms. The Kier molecular flexibility index (Phi) is 4.91. The molecule has 0 aromatic carbocycles. The highest BCUT2D eigenvalue weighted by Gasteiger charge is 2.25. The molecule has 0 radical (unpaired) electrons. The van der Waals surface area contributed by atoms with E-state index in [2.05, 4.69) is 5.32 Å². The summed E-state index contributed by atoms with van der Waals surface area (Å²) >= 11 is 0. The van der Waals surface area contributed by atoms with E-state index in [1.807, 2.05) is 14.0 Å². The first-order valence-electron chi connectivity index (χ1n) is 4.88. The monoisotopic (exact) mass is 205 g/mol. The Morgan fingerprint density at radius 2 is 2.46 bits per heavy atom. The molecule has 13 heavy (non-hydrogen) atoms. The Labute approximate surface area is 82.7 Å². The fourth-order valence-corrected chi connectivity index (χ4v) is 2.72. The van der Waals surface area contributed by atoms with Gasteiger partial charge in [-0.2, -0.15) is 0 Å². The van der Waals surface area contributed by atoms with Crippen LogP contribution in [0.4, 0.5) is 0 Å². The average molecular weight is 205 g/mol. The largest absolute Gasteiger partial charge is 0.381 e. The fourth-order valence-electron chi connectivity index (χ4n) is 1.64. The van der Waals surface area contributed by atoms with Crippen molar-refractivity contribution in [3.8, 4) is 0 Å². The third kappa shape index (κ3) is 3.37.